The SMILES string of the molecule is C=CCN1C(=O)[C@]2(c3ccccc31)[C@@H]1C(=O)N(c3ccc(OC)cc3)C(=O)[C@H]1[C@H]1CCCN12. The third-order valence-electron chi connectivity index (χ3n) is 7.79. The summed E-state index contributed by atoms with van der Waals surface area (Å²) in [5.74, 6) is -1.27. The van der Waals surface area contributed by atoms with E-state index in [1.54, 1.807) is 42.4 Å². The molecule has 4 heterocycles. The molecule has 4 aliphatic heterocycles. The number of para-hydroxylation sites is 1. The molecule has 2 aromatic rings. The average molecular weight is 444 g/mol. The zero-order chi connectivity index (χ0) is 22.9. The van der Waals surface area contributed by atoms with Gasteiger partial charge in [0.25, 0.3) is 5.91 Å². The van der Waals surface area contributed by atoms with Crippen molar-refractivity contribution in [1.29, 1.82) is 0 Å². The van der Waals surface area contributed by atoms with Gasteiger partial charge in [0.15, 0.2) is 0 Å². The van der Waals surface area contributed by atoms with Crippen LogP contribution in [0.2, 0.25) is 0 Å². The quantitative estimate of drug-likeness (QED) is 0.537. The molecule has 0 unspecified atom stereocenters. The molecule has 0 aliphatic carbocycles. The Labute approximate surface area is 192 Å². The molecule has 7 nitrogen and oxygen atoms in total. The van der Waals surface area contributed by atoms with Crippen molar-refractivity contribution in [1.82, 2.24) is 4.90 Å². The second-order valence-corrected chi connectivity index (χ2v) is 9.10. The lowest BCUT2D eigenvalue weighted by Gasteiger charge is -2.37. The molecule has 6 rings (SSSR count). The number of carbonyl (C=O) groups is 3. The highest BCUT2D eigenvalue weighted by molar-refractivity contribution is 6.26. The molecular formula is C26H25N3O4. The number of nitrogens with zero attached hydrogens (tertiary/aromatic N) is 3. The van der Waals surface area contributed by atoms with Crippen LogP contribution in [-0.2, 0) is 19.9 Å². The van der Waals surface area contributed by atoms with Crippen molar-refractivity contribution >= 4 is 29.1 Å². The number of carbonyl (C=O) groups excluding carboxylic acids is 3. The lowest BCUT2D eigenvalue weighted by atomic mass is 9.75. The third kappa shape index (κ3) is 2.35. The number of benzene rings is 2. The van der Waals surface area contributed by atoms with Gasteiger partial charge in [0.1, 0.15) is 11.3 Å². The first kappa shape index (κ1) is 20.2. The minimum Gasteiger partial charge on any atom is -0.497 e. The van der Waals surface area contributed by atoms with Crippen LogP contribution in [0.15, 0.2) is 61.2 Å². The molecule has 0 aromatic heterocycles. The minimum atomic E-state index is -1.15. The van der Waals surface area contributed by atoms with E-state index in [4.69, 9.17) is 4.74 Å². The molecule has 168 valence electrons. The van der Waals surface area contributed by atoms with E-state index >= 15 is 0 Å². The van der Waals surface area contributed by atoms with Gasteiger partial charge in [-0.05, 0) is 49.7 Å². The lowest BCUT2D eigenvalue weighted by molar-refractivity contribution is -0.137. The van der Waals surface area contributed by atoms with Crippen LogP contribution in [0.4, 0.5) is 11.4 Å². The summed E-state index contributed by atoms with van der Waals surface area (Å²) < 4.78 is 5.23. The third-order valence-corrected chi connectivity index (χ3v) is 7.79. The van der Waals surface area contributed by atoms with E-state index < -0.39 is 17.4 Å². The van der Waals surface area contributed by atoms with Crippen molar-refractivity contribution in [2.75, 3.05) is 30.0 Å². The summed E-state index contributed by atoms with van der Waals surface area (Å²) in [6.07, 6.45) is 3.40. The normalized spacial score (nSPS) is 30.2. The van der Waals surface area contributed by atoms with Gasteiger partial charge in [0.05, 0.1) is 24.6 Å². The number of anilines is 2. The summed E-state index contributed by atoms with van der Waals surface area (Å²) in [5, 5.41) is 0. The zero-order valence-electron chi connectivity index (χ0n) is 18.4. The second kappa shape index (κ2) is 7.02. The minimum absolute atomic E-state index is 0.124. The van der Waals surface area contributed by atoms with Crippen LogP contribution in [0.3, 0.4) is 0 Å². The Morgan fingerprint density at radius 3 is 2.58 bits per heavy atom. The summed E-state index contributed by atoms with van der Waals surface area (Å²) in [6, 6.07) is 14.5. The molecule has 4 atom stereocenters. The highest BCUT2D eigenvalue weighted by Gasteiger charge is 2.75. The van der Waals surface area contributed by atoms with Crippen molar-refractivity contribution < 1.29 is 19.1 Å². The maximum absolute atomic E-state index is 14.2. The molecule has 3 amide bonds. The number of amides is 3. The molecule has 3 fully saturated rings. The number of hydrogen-bond donors (Lipinski definition) is 0. The van der Waals surface area contributed by atoms with Crippen LogP contribution in [-0.4, -0.2) is 48.9 Å². The summed E-state index contributed by atoms with van der Waals surface area (Å²) in [4.78, 5) is 47.1. The van der Waals surface area contributed by atoms with Gasteiger partial charge >= 0.3 is 0 Å². The summed E-state index contributed by atoms with van der Waals surface area (Å²) >= 11 is 0. The molecular weight excluding hydrogens is 418 g/mol. The van der Waals surface area contributed by atoms with E-state index in [-0.39, 0.29) is 23.8 Å². The van der Waals surface area contributed by atoms with Crippen LogP contribution in [0.1, 0.15) is 18.4 Å². The Bertz CT molecular complexity index is 1190. The van der Waals surface area contributed by atoms with E-state index in [0.29, 0.717) is 24.5 Å². The van der Waals surface area contributed by atoms with Gasteiger partial charge < -0.3 is 9.64 Å². The Morgan fingerprint density at radius 2 is 1.85 bits per heavy atom. The predicted octanol–water partition coefficient (Wildman–Crippen LogP) is 2.71. The van der Waals surface area contributed by atoms with Crippen molar-refractivity contribution in [2.24, 2.45) is 11.8 Å². The largest absolute Gasteiger partial charge is 0.497 e. The lowest BCUT2D eigenvalue weighted by Crippen LogP contribution is -2.56. The first-order valence-electron chi connectivity index (χ1n) is 11.4. The number of methoxy groups -OCH3 is 1. The molecule has 4 aliphatic rings. The first-order valence-corrected chi connectivity index (χ1v) is 11.4. The predicted molar refractivity (Wildman–Crippen MR) is 123 cm³/mol. The topological polar surface area (TPSA) is 70.2 Å². The Kier molecular flexibility index (Phi) is 4.29. The van der Waals surface area contributed by atoms with Crippen LogP contribution < -0.4 is 14.5 Å². The van der Waals surface area contributed by atoms with Gasteiger partial charge in [0, 0.05) is 23.8 Å². The maximum Gasteiger partial charge on any atom is 0.253 e. The summed E-state index contributed by atoms with van der Waals surface area (Å²) in [5.41, 5.74) is 0.992. The molecule has 0 saturated carbocycles. The second-order valence-electron chi connectivity index (χ2n) is 9.10. The fourth-order valence-corrected chi connectivity index (χ4v) is 6.64. The maximum atomic E-state index is 14.2. The van der Waals surface area contributed by atoms with Crippen LogP contribution >= 0.6 is 0 Å². The first-order chi connectivity index (χ1) is 16.1. The molecule has 0 bridgehead atoms. The Hall–Kier alpha value is -3.45. The summed E-state index contributed by atoms with van der Waals surface area (Å²) in [6.45, 7) is 4.88. The standard InChI is InChI=1S/C26H25N3O4/c1-3-14-27-19-8-5-4-7-18(19)26(25(27)32)22-21(20-9-6-15-28(20)26)23(30)29(24(22)31)16-10-12-17(33-2)13-11-16/h3-5,7-8,10-13,20-22H,1,6,9,14-15H2,2H3/t20-,21+,22+,26+/m1/s1. The smallest absolute Gasteiger partial charge is 0.253 e. The molecule has 0 N–H and O–H groups in total. The Balaban J connectivity index is 1.53. The van der Waals surface area contributed by atoms with Crippen LogP contribution in [0, 0.1) is 11.8 Å². The average Bonchev–Trinajstić information content (AvgIpc) is 3.53. The fourth-order valence-electron chi connectivity index (χ4n) is 6.64. The van der Waals surface area contributed by atoms with Gasteiger partial charge in [-0.3, -0.25) is 19.3 Å². The monoisotopic (exact) mass is 443 g/mol. The van der Waals surface area contributed by atoms with Gasteiger partial charge in [-0.1, -0.05) is 24.3 Å². The van der Waals surface area contributed by atoms with Crippen molar-refractivity contribution in [2.45, 2.75) is 24.4 Å². The number of imide groups is 1. The molecule has 0 radical (unpaired) electrons. The van der Waals surface area contributed by atoms with E-state index in [1.165, 1.54) is 4.90 Å². The summed E-state index contributed by atoms with van der Waals surface area (Å²) in [7, 11) is 1.57. The van der Waals surface area contributed by atoms with Crippen molar-refractivity contribution in [3.05, 3.63) is 66.7 Å². The molecule has 3 saturated heterocycles. The van der Waals surface area contributed by atoms with E-state index in [2.05, 4.69) is 11.5 Å². The van der Waals surface area contributed by atoms with E-state index in [9.17, 15) is 14.4 Å². The highest BCUT2D eigenvalue weighted by Crippen LogP contribution is 2.61. The van der Waals surface area contributed by atoms with Gasteiger partial charge in [-0.2, -0.15) is 0 Å². The van der Waals surface area contributed by atoms with Crippen LogP contribution in [0.5, 0.6) is 5.75 Å². The van der Waals surface area contributed by atoms with Gasteiger partial charge in [-0.25, -0.2) is 4.90 Å². The number of ether oxygens (including phenoxy) is 1. The number of fused-ring (bicyclic) bond motifs is 7. The van der Waals surface area contributed by atoms with E-state index in [1.807, 2.05) is 24.3 Å². The molecule has 7 heteroatoms. The highest BCUT2D eigenvalue weighted by atomic mass is 16.5. The zero-order valence-corrected chi connectivity index (χ0v) is 18.4. The van der Waals surface area contributed by atoms with Gasteiger partial charge in [0.2, 0.25) is 11.8 Å². The van der Waals surface area contributed by atoms with E-state index in [0.717, 1.165) is 24.1 Å². The number of hydrogen-bond acceptors (Lipinski definition) is 5. The molecule has 33 heavy (non-hydrogen) atoms. The molecule has 1 spiro atoms. The number of rotatable bonds is 4. The van der Waals surface area contributed by atoms with Crippen LogP contribution in [0.25, 0.3) is 0 Å². The molecule has 2 aromatic carbocycles. The van der Waals surface area contributed by atoms with Crippen molar-refractivity contribution in [3.63, 3.8) is 0 Å². The Morgan fingerprint density at radius 1 is 1.09 bits per heavy atom. The fraction of sp³-hybridized carbons (Fsp3) is 0.346. The van der Waals surface area contributed by atoms with Crippen molar-refractivity contribution in [3.8, 4) is 5.75 Å². The van der Waals surface area contributed by atoms with Gasteiger partial charge in [-0.15, -0.1) is 6.58 Å².